The third kappa shape index (κ3) is 1.64. The molecule has 0 spiro atoms. The van der Waals surface area contributed by atoms with Crippen LogP contribution >= 0.6 is 15.9 Å². The van der Waals surface area contributed by atoms with E-state index in [1.165, 1.54) is 6.07 Å². The quantitative estimate of drug-likeness (QED) is 0.703. The summed E-state index contributed by atoms with van der Waals surface area (Å²) >= 11 is 3.14. The fourth-order valence-electron chi connectivity index (χ4n) is 1.40. The predicted molar refractivity (Wildman–Crippen MR) is 56.6 cm³/mol. The van der Waals surface area contributed by atoms with Crippen LogP contribution in [0.1, 0.15) is 12.0 Å². The molecule has 72 valence electrons. The molecule has 0 saturated heterocycles. The third-order valence-corrected chi connectivity index (χ3v) is 2.79. The van der Waals surface area contributed by atoms with E-state index >= 15 is 0 Å². The van der Waals surface area contributed by atoms with Gasteiger partial charge in [-0.2, -0.15) is 0 Å². The summed E-state index contributed by atoms with van der Waals surface area (Å²) in [7, 11) is 0. The predicted octanol–water partition coefficient (Wildman–Crippen LogP) is 4.54. The molecule has 0 N–H and O–H groups in total. The lowest BCUT2D eigenvalue weighted by Gasteiger charge is -2.05. The lowest BCUT2D eigenvalue weighted by atomic mass is 10.1. The van der Waals surface area contributed by atoms with Gasteiger partial charge in [0.15, 0.2) is 0 Å². The SMILES string of the molecule is FC(F)c1cc2ccccc2cc1Br. The van der Waals surface area contributed by atoms with E-state index in [0.717, 1.165) is 10.8 Å². The summed E-state index contributed by atoms with van der Waals surface area (Å²) in [6.07, 6.45) is -2.44. The Morgan fingerprint density at radius 3 is 2.14 bits per heavy atom. The molecule has 0 fully saturated rings. The van der Waals surface area contributed by atoms with Crippen LogP contribution < -0.4 is 0 Å². The van der Waals surface area contributed by atoms with Gasteiger partial charge in [-0.25, -0.2) is 8.78 Å². The summed E-state index contributed by atoms with van der Waals surface area (Å²) < 4.78 is 25.5. The van der Waals surface area contributed by atoms with Crippen molar-refractivity contribution in [3.05, 3.63) is 46.4 Å². The van der Waals surface area contributed by atoms with Crippen LogP contribution in [0.3, 0.4) is 0 Å². The number of rotatable bonds is 1. The Balaban J connectivity index is 2.71. The number of halogens is 3. The Morgan fingerprint density at radius 2 is 1.57 bits per heavy atom. The van der Waals surface area contributed by atoms with Gasteiger partial charge in [0.25, 0.3) is 6.43 Å². The monoisotopic (exact) mass is 256 g/mol. The van der Waals surface area contributed by atoms with Crippen LogP contribution in [0, 0.1) is 0 Å². The highest BCUT2D eigenvalue weighted by Gasteiger charge is 2.11. The summed E-state index contributed by atoms with van der Waals surface area (Å²) in [4.78, 5) is 0. The van der Waals surface area contributed by atoms with Gasteiger partial charge in [0.05, 0.1) is 0 Å². The molecule has 0 heterocycles. The van der Waals surface area contributed by atoms with E-state index in [9.17, 15) is 8.78 Å². The molecule has 3 heteroatoms. The standard InChI is InChI=1S/C11H7BrF2/c12-10-6-8-4-2-1-3-7(8)5-9(10)11(13)14/h1-6,11H. The average molecular weight is 257 g/mol. The first-order valence-electron chi connectivity index (χ1n) is 4.15. The largest absolute Gasteiger partial charge is 0.264 e. The molecule has 0 unspecified atom stereocenters. The zero-order chi connectivity index (χ0) is 10.1. The topological polar surface area (TPSA) is 0 Å². The van der Waals surface area contributed by atoms with Crippen molar-refractivity contribution in [1.82, 2.24) is 0 Å². The minimum Gasteiger partial charge on any atom is -0.205 e. The van der Waals surface area contributed by atoms with E-state index < -0.39 is 6.43 Å². The van der Waals surface area contributed by atoms with Crippen LogP contribution in [0.4, 0.5) is 8.78 Å². The molecule has 0 bridgehead atoms. The van der Waals surface area contributed by atoms with Gasteiger partial charge in [-0.3, -0.25) is 0 Å². The number of alkyl halides is 2. The van der Waals surface area contributed by atoms with Crippen molar-refractivity contribution in [3.8, 4) is 0 Å². The van der Waals surface area contributed by atoms with Gasteiger partial charge < -0.3 is 0 Å². The fourth-order valence-corrected chi connectivity index (χ4v) is 1.93. The van der Waals surface area contributed by atoms with Gasteiger partial charge in [-0.05, 0) is 22.9 Å². The Morgan fingerprint density at radius 1 is 1.00 bits per heavy atom. The molecular formula is C11H7BrF2. The molecule has 2 aromatic rings. The molecule has 0 aliphatic heterocycles. The van der Waals surface area contributed by atoms with E-state index in [1.807, 2.05) is 24.3 Å². The maximum Gasteiger partial charge on any atom is 0.264 e. The van der Waals surface area contributed by atoms with Crippen LogP contribution in [0.5, 0.6) is 0 Å². The first-order chi connectivity index (χ1) is 6.68. The summed E-state index contributed by atoms with van der Waals surface area (Å²) in [6, 6.07) is 10.7. The second kappa shape index (κ2) is 3.65. The number of hydrogen-bond acceptors (Lipinski definition) is 0. The zero-order valence-electron chi connectivity index (χ0n) is 7.18. The van der Waals surface area contributed by atoms with Crippen LogP contribution in [0.2, 0.25) is 0 Å². The lowest BCUT2D eigenvalue weighted by Crippen LogP contribution is -1.86. The summed E-state index contributed by atoms with van der Waals surface area (Å²) in [5.74, 6) is 0. The maximum absolute atomic E-state index is 12.5. The van der Waals surface area contributed by atoms with Crippen LogP contribution in [0.15, 0.2) is 40.9 Å². The smallest absolute Gasteiger partial charge is 0.205 e. The van der Waals surface area contributed by atoms with E-state index in [-0.39, 0.29) is 5.56 Å². The van der Waals surface area contributed by atoms with Crippen molar-refractivity contribution in [2.45, 2.75) is 6.43 Å². The Bertz CT molecular complexity index is 466. The normalized spacial score (nSPS) is 11.1. The van der Waals surface area contributed by atoms with E-state index in [1.54, 1.807) is 6.07 Å². The van der Waals surface area contributed by atoms with E-state index in [0.29, 0.717) is 4.47 Å². The minimum atomic E-state index is -2.44. The van der Waals surface area contributed by atoms with Gasteiger partial charge in [0.2, 0.25) is 0 Å². The molecule has 0 radical (unpaired) electrons. The average Bonchev–Trinajstić information content (AvgIpc) is 2.16. The third-order valence-electron chi connectivity index (χ3n) is 2.10. The highest BCUT2D eigenvalue weighted by molar-refractivity contribution is 9.10. The minimum absolute atomic E-state index is 0.0451. The number of fused-ring (bicyclic) bond motifs is 1. The Kier molecular flexibility index (Phi) is 2.50. The summed E-state index contributed by atoms with van der Waals surface area (Å²) in [6.45, 7) is 0. The summed E-state index contributed by atoms with van der Waals surface area (Å²) in [5, 5.41) is 1.80. The number of hydrogen-bond donors (Lipinski definition) is 0. The van der Waals surface area contributed by atoms with Crippen molar-refractivity contribution in [2.75, 3.05) is 0 Å². The fraction of sp³-hybridized carbons (Fsp3) is 0.0909. The molecule has 14 heavy (non-hydrogen) atoms. The van der Waals surface area contributed by atoms with Gasteiger partial charge >= 0.3 is 0 Å². The zero-order valence-corrected chi connectivity index (χ0v) is 8.76. The molecule has 2 aromatic carbocycles. The van der Waals surface area contributed by atoms with Crippen LogP contribution in [-0.2, 0) is 0 Å². The Hall–Kier alpha value is -0.960. The Labute approximate surface area is 88.7 Å². The van der Waals surface area contributed by atoms with Crippen molar-refractivity contribution in [1.29, 1.82) is 0 Å². The molecule has 2 rings (SSSR count). The molecular weight excluding hydrogens is 250 g/mol. The molecule has 0 amide bonds. The van der Waals surface area contributed by atoms with Crippen molar-refractivity contribution in [3.63, 3.8) is 0 Å². The second-order valence-electron chi connectivity index (χ2n) is 3.02. The van der Waals surface area contributed by atoms with Crippen molar-refractivity contribution < 1.29 is 8.78 Å². The molecule has 0 aliphatic carbocycles. The second-order valence-corrected chi connectivity index (χ2v) is 3.88. The molecule has 0 saturated carbocycles. The maximum atomic E-state index is 12.5. The highest BCUT2D eigenvalue weighted by atomic mass is 79.9. The van der Waals surface area contributed by atoms with E-state index in [4.69, 9.17) is 0 Å². The van der Waals surface area contributed by atoms with Gasteiger partial charge in [0.1, 0.15) is 0 Å². The highest BCUT2D eigenvalue weighted by Crippen LogP contribution is 2.31. The van der Waals surface area contributed by atoms with Crippen LogP contribution in [-0.4, -0.2) is 0 Å². The van der Waals surface area contributed by atoms with Gasteiger partial charge in [0, 0.05) is 10.0 Å². The summed E-state index contributed by atoms with van der Waals surface area (Å²) in [5.41, 5.74) is 0.0451. The van der Waals surface area contributed by atoms with Crippen LogP contribution in [0.25, 0.3) is 10.8 Å². The molecule has 0 aromatic heterocycles. The van der Waals surface area contributed by atoms with Crippen molar-refractivity contribution >= 4 is 26.7 Å². The van der Waals surface area contributed by atoms with Gasteiger partial charge in [-0.15, -0.1) is 0 Å². The van der Waals surface area contributed by atoms with Crippen molar-refractivity contribution in [2.24, 2.45) is 0 Å². The lowest BCUT2D eigenvalue weighted by molar-refractivity contribution is 0.150. The molecule has 0 nitrogen and oxygen atoms in total. The number of benzene rings is 2. The molecule has 0 atom stereocenters. The van der Waals surface area contributed by atoms with E-state index in [2.05, 4.69) is 15.9 Å². The first-order valence-corrected chi connectivity index (χ1v) is 4.94. The molecule has 0 aliphatic rings. The first kappa shape index (κ1) is 9.59. The van der Waals surface area contributed by atoms with Gasteiger partial charge in [-0.1, -0.05) is 40.2 Å².